The van der Waals surface area contributed by atoms with Crippen LogP contribution in [0.2, 0.25) is 0 Å². The Bertz CT molecular complexity index is 573. The number of amides is 1. The SMILES string of the molecule is CCOC(=O)[C@@H]1CCCN([C@@H](C)C(=O)NCc2ccc(OC)cc2)C1. The summed E-state index contributed by atoms with van der Waals surface area (Å²) in [6.45, 7) is 5.98. The highest BCUT2D eigenvalue weighted by Gasteiger charge is 2.31. The highest BCUT2D eigenvalue weighted by Crippen LogP contribution is 2.20. The van der Waals surface area contributed by atoms with Crippen molar-refractivity contribution in [3.63, 3.8) is 0 Å². The van der Waals surface area contributed by atoms with Crippen LogP contribution in [0.5, 0.6) is 5.75 Å². The zero-order valence-electron chi connectivity index (χ0n) is 15.3. The van der Waals surface area contributed by atoms with Crippen LogP contribution in [-0.2, 0) is 20.9 Å². The van der Waals surface area contributed by atoms with Gasteiger partial charge in [-0.25, -0.2) is 0 Å². The van der Waals surface area contributed by atoms with Gasteiger partial charge in [0.1, 0.15) is 5.75 Å². The molecule has 6 heteroatoms. The van der Waals surface area contributed by atoms with E-state index in [1.165, 1.54) is 0 Å². The van der Waals surface area contributed by atoms with Crippen LogP contribution in [0.1, 0.15) is 32.3 Å². The lowest BCUT2D eigenvalue weighted by Crippen LogP contribution is -2.50. The molecule has 0 saturated carbocycles. The summed E-state index contributed by atoms with van der Waals surface area (Å²) in [7, 11) is 1.63. The minimum Gasteiger partial charge on any atom is -0.497 e. The molecule has 1 fully saturated rings. The fourth-order valence-corrected chi connectivity index (χ4v) is 3.06. The van der Waals surface area contributed by atoms with Gasteiger partial charge in [0.15, 0.2) is 0 Å². The van der Waals surface area contributed by atoms with Gasteiger partial charge < -0.3 is 14.8 Å². The van der Waals surface area contributed by atoms with Crippen LogP contribution < -0.4 is 10.1 Å². The van der Waals surface area contributed by atoms with Crippen molar-refractivity contribution >= 4 is 11.9 Å². The van der Waals surface area contributed by atoms with E-state index < -0.39 is 0 Å². The maximum absolute atomic E-state index is 12.4. The standard InChI is InChI=1S/C19H28N2O4/c1-4-25-19(23)16-6-5-11-21(13-16)14(2)18(22)20-12-15-7-9-17(24-3)10-8-15/h7-10,14,16H,4-6,11-13H2,1-3H3,(H,20,22)/t14-,16+/m0/s1. The van der Waals surface area contributed by atoms with E-state index in [9.17, 15) is 9.59 Å². The summed E-state index contributed by atoms with van der Waals surface area (Å²) in [4.78, 5) is 26.5. The average Bonchev–Trinajstić information content (AvgIpc) is 2.66. The smallest absolute Gasteiger partial charge is 0.310 e. The van der Waals surface area contributed by atoms with Crippen molar-refractivity contribution in [2.45, 2.75) is 39.3 Å². The lowest BCUT2D eigenvalue weighted by molar-refractivity contribution is -0.151. The predicted molar refractivity (Wildman–Crippen MR) is 95.2 cm³/mol. The van der Waals surface area contributed by atoms with E-state index in [1.54, 1.807) is 7.11 Å². The quantitative estimate of drug-likeness (QED) is 0.763. The van der Waals surface area contributed by atoms with Gasteiger partial charge in [0.05, 0.1) is 25.7 Å². The predicted octanol–water partition coefficient (Wildman–Crippen LogP) is 1.97. The molecule has 0 aliphatic carbocycles. The lowest BCUT2D eigenvalue weighted by Gasteiger charge is -2.35. The maximum atomic E-state index is 12.4. The number of ether oxygens (including phenoxy) is 2. The molecule has 6 nitrogen and oxygen atoms in total. The number of hydrogen-bond acceptors (Lipinski definition) is 5. The van der Waals surface area contributed by atoms with Gasteiger partial charge in [-0.2, -0.15) is 0 Å². The second kappa shape index (κ2) is 9.42. The van der Waals surface area contributed by atoms with Crippen LogP contribution in [0.25, 0.3) is 0 Å². The second-order valence-corrected chi connectivity index (χ2v) is 6.33. The fourth-order valence-electron chi connectivity index (χ4n) is 3.06. The Kier molecular flexibility index (Phi) is 7.25. The van der Waals surface area contributed by atoms with E-state index in [-0.39, 0.29) is 23.8 Å². The first-order valence-electron chi connectivity index (χ1n) is 8.86. The monoisotopic (exact) mass is 348 g/mol. The molecule has 1 aromatic rings. The van der Waals surface area contributed by atoms with Crippen molar-refractivity contribution in [3.8, 4) is 5.75 Å². The molecule has 0 unspecified atom stereocenters. The summed E-state index contributed by atoms with van der Waals surface area (Å²) in [6.07, 6.45) is 1.73. The van der Waals surface area contributed by atoms with E-state index >= 15 is 0 Å². The van der Waals surface area contributed by atoms with Crippen LogP contribution in [0.4, 0.5) is 0 Å². The van der Waals surface area contributed by atoms with Crippen molar-refractivity contribution in [2.24, 2.45) is 5.92 Å². The van der Waals surface area contributed by atoms with Crippen molar-refractivity contribution in [1.29, 1.82) is 0 Å². The van der Waals surface area contributed by atoms with Gasteiger partial charge in [-0.1, -0.05) is 12.1 Å². The first-order valence-corrected chi connectivity index (χ1v) is 8.86. The van der Waals surface area contributed by atoms with Gasteiger partial charge in [-0.15, -0.1) is 0 Å². The van der Waals surface area contributed by atoms with Gasteiger partial charge in [-0.05, 0) is 50.9 Å². The Morgan fingerprint density at radius 1 is 1.32 bits per heavy atom. The molecule has 2 rings (SSSR count). The molecule has 0 spiro atoms. The van der Waals surface area contributed by atoms with E-state index in [1.807, 2.05) is 38.1 Å². The molecule has 1 aliphatic heterocycles. The fraction of sp³-hybridized carbons (Fsp3) is 0.579. The molecule has 2 atom stereocenters. The Morgan fingerprint density at radius 3 is 2.68 bits per heavy atom. The molecule has 1 heterocycles. The minimum absolute atomic E-state index is 0.0275. The molecule has 0 bridgehead atoms. The van der Waals surface area contributed by atoms with Crippen molar-refractivity contribution in [2.75, 3.05) is 26.8 Å². The van der Waals surface area contributed by atoms with E-state index in [0.29, 0.717) is 19.7 Å². The largest absolute Gasteiger partial charge is 0.497 e. The molecule has 1 saturated heterocycles. The topological polar surface area (TPSA) is 67.9 Å². The van der Waals surface area contributed by atoms with Crippen molar-refractivity contribution < 1.29 is 19.1 Å². The normalized spacial score (nSPS) is 19.1. The van der Waals surface area contributed by atoms with Crippen LogP contribution in [-0.4, -0.2) is 49.6 Å². The number of nitrogens with zero attached hydrogens (tertiary/aromatic N) is 1. The third-order valence-corrected chi connectivity index (χ3v) is 4.63. The van der Waals surface area contributed by atoms with Gasteiger partial charge in [0, 0.05) is 13.1 Å². The number of carbonyl (C=O) groups excluding carboxylic acids is 2. The third-order valence-electron chi connectivity index (χ3n) is 4.63. The average molecular weight is 348 g/mol. The first-order chi connectivity index (χ1) is 12.0. The van der Waals surface area contributed by atoms with Crippen LogP contribution in [0.15, 0.2) is 24.3 Å². The molecule has 0 radical (unpaired) electrons. The van der Waals surface area contributed by atoms with Gasteiger partial charge in [0.2, 0.25) is 5.91 Å². The number of benzene rings is 1. The number of esters is 1. The number of hydrogen-bond donors (Lipinski definition) is 1. The summed E-state index contributed by atoms with van der Waals surface area (Å²) in [5.74, 6) is 0.477. The summed E-state index contributed by atoms with van der Waals surface area (Å²) < 4.78 is 10.2. The van der Waals surface area contributed by atoms with E-state index in [2.05, 4.69) is 10.2 Å². The zero-order chi connectivity index (χ0) is 18.2. The number of carbonyl (C=O) groups is 2. The Balaban J connectivity index is 1.84. The molecule has 25 heavy (non-hydrogen) atoms. The number of methoxy groups -OCH3 is 1. The summed E-state index contributed by atoms with van der Waals surface area (Å²) in [5, 5.41) is 2.97. The molecular formula is C19H28N2O4. The summed E-state index contributed by atoms with van der Waals surface area (Å²) in [5.41, 5.74) is 1.02. The van der Waals surface area contributed by atoms with Crippen LogP contribution in [0, 0.1) is 5.92 Å². The number of likely N-dealkylation sites (tertiary alicyclic amines) is 1. The third kappa shape index (κ3) is 5.46. The second-order valence-electron chi connectivity index (χ2n) is 6.33. The molecule has 1 amide bonds. The summed E-state index contributed by atoms with van der Waals surface area (Å²) >= 11 is 0. The van der Waals surface area contributed by atoms with Gasteiger partial charge in [0.25, 0.3) is 0 Å². The molecular weight excluding hydrogens is 320 g/mol. The Labute approximate surface area is 149 Å². The molecule has 1 aliphatic rings. The number of piperidine rings is 1. The zero-order valence-corrected chi connectivity index (χ0v) is 15.3. The molecule has 1 N–H and O–H groups in total. The minimum atomic E-state index is -0.268. The van der Waals surface area contributed by atoms with Gasteiger partial charge >= 0.3 is 5.97 Å². The van der Waals surface area contributed by atoms with Crippen molar-refractivity contribution in [1.82, 2.24) is 10.2 Å². The highest BCUT2D eigenvalue weighted by molar-refractivity contribution is 5.81. The molecule has 1 aromatic carbocycles. The van der Waals surface area contributed by atoms with Crippen molar-refractivity contribution in [3.05, 3.63) is 29.8 Å². The highest BCUT2D eigenvalue weighted by atomic mass is 16.5. The molecule has 0 aromatic heterocycles. The Hall–Kier alpha value is -2.08. The summed E-state index contributed by atoms with van der Waals surface area (Å²) in [6, 6.07) is 7.34. The lowest BCUT2D eigenvalue weighted by atomic mass is 9.97. The number of nitrogens with one attached hydrogen (secondary N) is 1. The van der Waals surface area contributed by atoms with E-state index in [4.69, 9.17) is 9.47 Å². The van der Waals surface area contributed by atoms with E-state index in [0.717, 1.165) is 30.7 Å². The number of rotatable bonds is 7. The maximum Gasteiger partial charge on any atom is 0.310 e. The Morgan fingerprint density at radius 2 is 2.04 bits per heavy atom. The first kappa shape index (κ1) is 19.2. The molecule has 138 valence electrons. The van der Waals surface area contributed by atoms with Gasteiger partial charge in [-0.3, -0.25) is 14.5 Å². The van der Waals surface area contributed by atoms with Crippen LogP contribution >= 0.6 is 0 Å². The van der Waals surface area contributed by atoms with Crippen LogP contribution in [0.3, 0.4) is 0 Å².